The van der Waals surface area contributed by atoms with Crippen molar-refractivity contribution in [1.29, 1.82) is 0 Å². The van der Waals surface area contributed by atoms with Crippen molar-refractivity contribution >= 4 is 24.3 Å². The minimum Gasteiger partial charge on any atom is -0.469 e. The van der Waals surface area contributed by atoms with Crippen LogP contribution in [0.4, 0.5) is 8.78 Å². The number of hydrogen-bond donors (Lipinski definition) is 2. The van der Waals surface area contributed by atoms with Crippen LogP contribution in [0.5, 0.6) is 5.75 Å². The molecular weight excluding hydrogens is 398 g/mol. The Bertz CT molecular complexity index is 639. The highest BCUT2D eigenvalue weighted by Crippen LogP contribution is 2.33. The molecule has 0 spiro atoms. The van der Waals surface area contributed by atoms with Crippen LogP contribution in [0.2, 0.25) is 0 Å². The van der Waals surface area contributed by atoms with E-state index in [1.54, 1.807) is 12.1 Å². The fraction of sp³-hybridized carbons (Fsp3) is 0.556. The number of esters is 1. The van der Waals surface area contributed by atoms with Crippen molar-refractivity contribution in [3.8, 4) is 5.75 Å². The zero-order chi connectivity index (χ0) is 19.9. The van der Waals surface area contributed by atoms with Crippen molar-refractivity contribution < 1.29 is 32.6 Å². The normalized spacial score (nSPS) is 16.6. The van der Waals surface area contributed by atoms with Gasteiger partial charge in [-0.3, -0.25) is 9.59 Å². The topological polar surface area (TPSA) is 99.9 Å². The van der Waals surface area contributed by atoms with E-state index in [0.29, 0.717) is 26.1 Å². The summed E-state index contributed by atoms with van der Waals surface area (Å²) in [7, 11) is 1.27. The van der Waals surface area contributed by atoms with Crippen molar-refractivity contribution in [3.05, 3.63) is 29.8 Å². The Labute approximate surface area is 168 Å². The van der Waals surface area contributed by atoms with E-state index >= 15 is 0 Å². The number of carbonyl (C=O) groups is 2. The first-order valence-electron chi connectivity index (χ1n) is 8.64. The van der Waals surface area contributed by atoms with Crippen molar-refractivity contribution in [2.45, 2.75) is 43.9 Å². The summed E-state index contributed by atoms with van der Waals surface area (Å²) >= 11 is 0. The van der Waals surface area contributed by atoms with Gasteiger partial charge in [-0.25, -0.2) is 0 Å². The molecular formula is C18H25ClF2N2O5. The van der Waals surface area contributed by atoms with E-state index in [0.717, 1.165) is 5.56 Å². The van der Waals surface area contributed by atoms with Gasteiger partial charge in [0.25, 0.3) is 0 Å². The minimum atomic E-state index is -2.90. The number of alkyl halides is 2. The highest BCUT2D eigenvalue weighted by Gasteiger charge is 2.37. The summed E-state index contributed by atoms with van der Waals surface area (Å²) in [6.45, 7) is -2.03. The van der Waals surface area contributed by atoms with Gasteiger partial charge in [-0.2, -0.15) is 8.78 Å². The van der Waals surface area contributed by atoms with Gasteiger partial charge in [0.15, 0.2) is 0 Å². The average molecular weight is 423 g/mol. The number of carbonyl (C=O) groups excluding carboxylic acids is 2. The first-order valence-corrected chi connectivity index (χ1v) is 8.64. The summed E-state index contributed by atoms with van der Waals surface area (Å²) in [6.07, 6.45) is 1.22. The zero-order valence-electron chi connectivity index (χ0n) is 15.5. The number of amides is 1. The van der Waals surface area contributed by atoms with Crippen molar-refractivity contribution in [3.63, 3.8) is 0 Å². The maximum atomic E-state index is 12.6. The maximum absolute atomic E-state index is 12.6. The third-order valence-corrected chi connectivity index (χ3v) is 4.56. The monoisotopic (exact) mass is 422 g/mol. The number of halogens is 3. The summed E-state index contributed by atoms with van der Waals surface area (Å²) in [6, 6.07) is 5.28. The van der Waals surface area contributed by atoms with Crippen LogP contribution in [0.15, 0.2) is 24.3 Å². The molecule has 1 fully saturated rings. The van der Waals surface area contributed by atoms with E-state index in [1.165, 1.54) is 19.2 Å². The molecule has 1 aromatic rings. The molecule has 2 rings (SSSR count). The smallest absolute Gasteiger partial charge is 0.387 e. The lowest BCUT2D eigenvalue weighted by molar-refractivity contribution is -0.140. The van der Waals surface area contributed by atoms with Crippen LogP contribution >= 0.6 is 12.4 Å². The fourth-order valence-electron chi connectivity index (χ4n) is 3.00. The zero-order valence-corrected chi connectivity index (χ0v) is 16.3. The second-order valence-corrected chi connectivity index (χ2v) is 6.31. The van der Waals surface area contributed by atoms with Crippen molar-refractivity contribution in [1.82, 2.24) is 5.32 Å². The van der Waals surface area contributed by atoms with Crippen LogP contribution in [0.1, 0.15) is 31.2 Å². The SMILES string of the molecule is COC(=O)CC[C@@H](N)C(=O)NC1(c2ccc(OC(F)F)cc2)CCOCC1.Cl. The molecule has 0 unspecified atom stereocenters. The van der Waals surface area contributed by atoms with E-state index in [1.807, 2.05) is 0 Å². The molecule has 1 saturated heterocycles. The first kappa shape index (κ1) is 24.1. The fourth-order valence-corrected chi connectivity index (χ4v) is 3.00. The number of methoxy groups -OCH3 is 1. The second-order valence-electron chi connectivity index (χ2n) is 6.31. The second kappa shape index (κ2) is 11.1. The predicted molar refractivity (Wildman–Crippen MR) is 99.4 cm³/mol. The number of nitrogens with one attached hydrogen (secondary N) is 1. The van der Waals surface area contributed by atoms with Crippen LogP contribution in [0.3, 0.4) is 0 Å². The average Bonchev–Trinajstić information content (AvgIpc) is 2.66. The van der Waals surface area contributed by atoms with Crippen molar-refractivity contribution in [2.75, 3.05) is 20.3 Å². The van der Waals surface area contributed by atoms with Gasteiger partial charge in [0.05, 0.1) is 18.7 Å². The van der Waals surface area contributed by atoms with Gasteiger partial charge in [-0.1, -0.05) is 12.1 Å². The molecule has 1 aliphatic rings. The molecule has 3 N–H and O–H groups in total. The van der Waals surface area contributed by atoms with Gasteiger partial charge in [-0.05, 0) is 37.0 Å². The highest BCUT2D eigenvalue weighted by molar-refractivity contribution is 5.85. The standard InChI is InChI=1S/C18H24F2N2O5.ClH/c1-25-15(23)7-6-14(21)16(24)22-18(8-10-26-11-9-18)12-2-4-13(5-3-12)27-17(19)20;/h2-5,14,17H,6-11,21H2,1H3,(H,22,24);1H/t14-;/m1./s1. The van der Waals surface area contributed by atoms with Gasteiger partial charge in [0, 0.05) is 19.6 Å². The van der Waals surface area contributed by atoms with Gasteiger partial charge >= 0.3 is 12.6 Å². The lowest BCUT2D eigenvalue weighted by Gasteiger charge is -2.39. The first-order chi connectivity index (χ1) is 12.9. The number of rotatable bonds is 8. The van der Waals surface area contributed by atoms with E-state index in [2.05, 4.69) is 14.8 Å². The number of hydrogen-bond acceptors (Lipinski definition) is 6. The Balaban J connectivity index is 0.00000392. The molecule has 0 aliphatic carbocycles. The molecule has 1 aromatic carbocycles. The number of benzene rings is 1. The molecule has 28 heavy (non-hydrogen) atoms. The maximum Gasteiger partial charge on any atom is 0.387 e. The van der Waals surface area contributed by atoms with E-state index in [-0.39, 0.29) is 31.0 Å². The molecule has 1 heterocycles. The summed E-state index contributed by atoms with van der Waals surface area (Å²) in [5.74, 6) is -0.792. The Kier molecular flexibility index (Phi) is 9.57. The molecule has 0 saturated carbocycles. The molecule has 1 atom stereocenters. The highest BCUT2D eigenvalue weighted by atomic mass is 35.5. The van der Waals surface area contributed by atoms with Gasteiger partial charge < -0.3 is 25.3 Å². The summed E-state index contributed by atoms with van der Waals surface area (Å²) in [5.41, 5.74) is 5.93. The van der Waals surface area contributed by atoms with Crippen molar-refractivity contribution in [2.24, 2.45) is 5.73 Å². The Morgan fingerprint density at radius 3 is 2.39 bits per heavy atom. The van der Waals surface area contributed by atoms with Crippen LogP contribution in [-0.4, -0.2) is 44.9 Å². The van der Waals surface area contributed by atoms with Gasteiger partial charge in [0.2, 0.25) is 5.91 Å². The molecule has 1 aliphatic heterocycles. The number of ether oxygens (including phenoxy) is 3. The van der Waals surface area contributed by atoms with Gasteiger partial charge in [-0.15, -0.1) is 12.4 Å². The Morgan fingerprint density at radius 1 is 1.25 bits per heavy atom. The summed E-state index contributed by atoms with van der Waals surface area (Å²) < 4.78 is 39.0. The lowest BCUT2D eigenvalue weighted by Crippen LogP contribution is -2.54. The number of nitrogens with two attached hydrogens (primary N) is 1. The molecule has 0 radical (unpaired) electrons. The third kappa shape index (κ3) is 6.57. The van der Waals surface area contributed by atoms with Crippen LogP contribution in [0, 0.1) is 0 Å². The molecule has 0 aromatic heterocycles. The molecule has 0 bridgehead atoms. The van der Waals surface area contributed by atoms with Crippen LogP contribution < -0.4 is 15.8 Å². The van der Waals surface area contributed by atoms with Crippen LogP contribution in [-0.2, 0) is 24.6 Å². The molecule has 158 valence electrons. The largest absolute Gasteiger partial charge is 0.469 e. The molecule has 1 amide bonds. The van der Waals surface area contributed by atoms with Gasteiger partial charge in [0.1, 0.15) is 5.75 Å². The van der Waals surface area contributed by atoms with E-state index < -0.39 is 30.1 Å². The predicted octanol–water partition coefficient (Wildman–Crippen LogP) is 2.11. The molecule has 10 heteroatoms. The Hall–Kier alpha value is -1.97. The lowest BCUT2D eigenvalue weighted by atomic mass is 9.82. The summed E-state index contributed by atoms with van der Waals surface area (Å²) in [4.78, 5) is 23.8. The van der Waals surface area contributed by atoms with E-state index in [9.17, 15) is 18.4 Å². The van der Waals surface area contributed by atoms with Crippen LogP contribution in [0.25, 0.3) is 0 Å². The third-order valence-electron chi connectivity index (χ3n) is 4.56. The minimum absolute atomic E-state index is 0. The van der Waals surface area contributed by atoms with E-state index in [4.69, 9.17) is 10.5 Å². The Morgan fingerprint density at radius 2 is 1.86 bits per heavy atom. The summed E-state index contributed by atoms with van der Waals surface area (Å²) in [5, 5.41) is 2.97. The quantitative estimate of drug-likeness (QED) is 0.622. The molecule has 7 nitrogen and oxygen atoms in total.